The molecular weight excluding hydrogens is 841 g/mol. The van der Waals surface area contributed by atoms with Crippen LogP contribution in [0.15, 0.2) is 42.0 Å². The van der Waals surface area contributed by atoms with E-state index in [1.165, 1.54) is 0 Å². The minimum Gasteiger partial charge on any atom is -0.412 e. The zero-order valence-corrected chi connectivity index (χ0v) is 48.4. The van der Waals surface area contributed by atoms with E-state index in [1.807, 2.05) is 6.07 Å². The van der Waals surface area contributed by atoms with Gasteiger partial charge in [0.25, 0.3) is 0 Å². The summed E-state index contributed by atoms with van der Waals surface area (Å²) in [5.41, 5.74) is 3.03. The number of methoxy groups -OCH3 is 1. The second-order valence-electron chi connectivity index (χ2n) is 24.2. The lowest BCUT2D eigenvalue weighted by Crippen LogP contribution is -2.66. The van der Waals surface area contributed by atoms with Crippen LogP contribution in [-0.4, -0.2) is 97.0 Å². The molecule has 2 rings (SSSR count). The van der Waals surface area contributed by atoms with E-state index in [-0.39, 0.29) is 35.2 Å². The van der Waals surface area contributed by atoms with Gasteiger partial charge in [-0.1, -0.05) is 153 Å². The molecular formula is C50H98O8Si4. The fourth-order valence-electron chi connectivity index (χ4n) is 8.69. The second kappa shape index (κ2) is 23.0. The van der Waals surface area contributed by atoms with Crippen molar-refractivity contribution in [3.63, 3.8) is 0 Å². The third kappa shape index (κ3) is 15.3. The Morgan fingerprint density at radius 1 is 0.774 bits per heavy atom. The summed E-state index contributed by atoms with van der Waals surface area (Å²) in [4.78, 5) is 0. The Hall–Kier alpha value is -0.492. The summed E-state index contributed by atoms with van der Waals surface area (Å²) in [5.74, 6) is -1.21. The van der Waals surface area contributed by atoms with Gasteiger partial charge >= 0.3 is 0 Å². The molecule has 1 heterocycles. The lowest BCUT2D eigenvalue weighted by atomic mass is 9.75. The Kier molecular flexibility index (Phi) is 21.4. The van der Waals surface area contributed by atoms with Crippen LogP contribution in [0, 0.1) is 5.41 Å². The minimum atomic E-state index is -2.41. The van der Waals surface area contributed by atoms with E-state index >= 15 is 0 Å². The summed E-state index contributed by atoms with van der Waals surface area (Å²) >= 11 is 0. The molecule has 0 bridgehead atoms. The van der Waals surface area contributed by atoms with Gasteiger partial charge in [0.15, 0.2) is 16.6 Å². The monoisotopic (exact) mass is 939 g/mol. The van der Waals surface area contributed by atoms with Gasteiger partial charge in [0, 0.05) is 33.6 Å². The van der Waals surface area contributed by atoms with Crippen molar-refractivity contribution < 1.29 is 37.0 Å². The number of hydrogen-bond acceptors (Lipinski definition) is 8. The van der Waals surface area contributed by atoms with Crippen molar-refractivity contribution in [1.29, 1.82) is 0 Å². The zero-order valence-electron chi connectivity index (χ0n) is 44.4. The molecule has 8 nitrogen and oxygen atoms in total. The van der Waals surface area contributed by atoms with E-state index in [0.717, 1.165) is 17.2 Å². The minimum absolute atomic E-state index is 0.0423. The fourth-order valence-corrected chi connectivity index (χ4v) is 17.5. The van der Waals surface area contributed by atoms with Crippen LogP contribution in [0.4, 0.5) is 0 Å². The molecule has 0 unspecified atom stereocenters. The summed E-state index contributed by atoms with van der Waals surface area (Å²) in [6.45, 7) is 53.1. The number of ether oxygens (including phenoxy) is 5. The highest BCUT2D eigenvalue weighted by Crippen LogP contribution is 2.51. The van der Waals surface area contributed by atoms with Gasteiger partial charge in [0.05, 0.1) is 38.1 Å². The van der Waals surface area contributed by atoms with Gasteiger partial charge < -0.3 is 37.0 Å². The summed E-state index contributed by atoms with van der Waals surface area (Å²) in [6.07, 6.45) is 2.32. The van der Waals surface area contributed by atoms with E-state index in [1.54, 1.807) is 7.11 Å². The maximum absolute atomic E-state index is 7.62. The van der Waals surface area contributed by atoms with Crippen LogP contribution in [0.3, 0.4) is 0 Å². The van der Waals surface area contributed by atoms with E-state index in [4.69, 9.17) is 37.0 Å². The van der Waals surface area contributed by atoms with Gasteiger partial charge in [-0.3, -0.25) is 0 Å². The van der Waals surface area contributed by atoms with Crippen molar-refractivity contribution in [3.05, 3.63) is 47.5 Å². The Morgan fingerprint density at radius 2 is 1.32 bits per heavy atom. The summed E-state index contributed by atoms with van der Waals surface area (Å²) < 4.78 is 56.0. The van der Waals surface area contributed by atoms with Crippen molar-refractivity contribution in [3.8, 4) is 0 Å². The Labute approximate surface area is 387 Å². The molecule has 1 aromatic rings. The van der Waals surface area contributed by atoms with Crippen LogP contribution < -0.4 is 0 Å². The molecule has 362 valence electrons. The van der Waals surface area contributed by atoms with Gasteiger partial charge in [-0.2, -0.15) is 0 Å². The molecule has 1 aliphatic heterocycles. The molecule has 0 aromatic heterocycles. The molecule has 12 heteroatoms. The molecule has 0 radical (unpaired) electrons. The highest BCUT2D eigenvalue weighted by molar-refractivity contribution is 6.77. The molecule has 1 saturated heterocycles. The van der Waals surface area contributed by atoms with Crippen molar-refractivity contribution >= 4 is 33.0 Å². The van der Waals surface area contributed by atoms with Gasteiger partial charge in [-0.05, 0) is 83.4 Å². The van der Waals surface area contributed by atoms with Crippen molar-refractivity contribution in [2.75, 3.05) is 33.7 Å². The second-order valence-corrected chi connectivity index (χ2v) is 44.8. The van der Waals surface area contributed by atoms with Gasteiger partial charge in [-0.25, -0.2) is 0 Å². The van der Waals surface area contributed by atoms with Gasteiger partial charge in [0.2, 0.25) is 14.1 Å². The quantitative estimate of drug-likeness (QED) is 0.0415. The molecule has 0 spiro atoms. The highest BCUT2D eigenvalue weighted by Gasteiger charge is 2.60. The van der Waals surface area contributed by atoms with Crippen LogP contribution in [-0.2, 0) is 43.6 Å². The summed E-state index contributed by atoms with van der Waals surface area (Å²) in [7, 11) is -6.22. The lowest BCUT2D eigenvalue weighted by molar-refractivity contribution is -0.350. The van der Waals surface area contributed by atoms with E-state index in [0.29, 0.717) is 55.9 Å². The first-order chi connectivity index (χ1) is 28.2. The number of benzene rings is 1. The molecule has 0 amide bonds. The summed E-state index contributed by atoms with van der Waals surface area (Å²) in [5, 5.41) is -0.0144. The number of hydrogen-bond donors (Lipinski definition) is 0. The number of rotatable bonds is 25. The van der Waals surface area contributed by atoms with Crippen LogP contribution >= 0.6 is 0 Å². The zero-order chi connectivity index (χ0) is 47.8. The van der Waals surface area contributed by atoms with Crippen LogP contribution in [0.2, 0.25) is 78.6 Å². The van der Waals surface area contributed by atoms with E-state index in [2.05, 4.69) is 180 Å². The normalized spacial score (nSPS) is 22.0. The first-order valence-electron chi connectivity index (χ1n) is 23.9. The topological polar surface area (TPSA) is 73.8 Å². The predicted octanol–water partition coefficient (Wildman–Crippen LogP) is 14.4. The predicted molar refractivity (Wildman–Crippen MR) is 272 cm³/mol. The molecule has 5 atom stereocenters. The molecule has 0 aliphatic carbocycles. The summed E-state index contributed by atoms with van der Waals surface area (Å²) in [6, 6.07) is 11.4. The first-order valence-corrected chi connectivity index (χ1v) is 35.6. The molecule has 1 aromatic carbocycles. The average Bonchev–Trinajstić information content (AvgIpc) is 3.11. The lowest BCUT2D eigenvalue weighted by Gasteiger charge is -2.56. The SMILES string of the molecule is CO[C@@]1(C(C)(C)COCc2ccccc2)O[C@H](C[C@@H](OCOCC[Si](C)(C)C)[C@@H](C)O[Si](C)(C)C(C)(C)C)C/C(=C\CO[Si](C(C)C)(C(C)C)C(C)C)[C@@H]1O[Si](C)(C)C(C)(C)C. The standard InChI is InChI=1S/C50H98O8Si4/c1-38(2)62(39(3)4,40(5)6)55-30-29-43-33-44(34-45(54-37-52-31-32-59(17,18)19)41(7)57-60(20,21)47(8,9)10)56-50(51-16,46(43)58-61(22,23)48(11,12)13)49(14,15)36-53-35-42-27-25-24-26-28-42/h24-29,38-41,44-46H,30-37H2,1-23H3/b43-29+/t41-,44+,45-,46+,50-/m1/s1. The van der Waals surface area contributed by atoms with Crippen LogP contribution in [0.1, 0.15) is 122 Å². The van der Waals surface area contributed by atoms with Crippen LogP contribution in [0.25, 0.3) is 0 Å². The average molecular weight is 940 g/mol. The third-order valence-corrected chi connectivity index (χ3v) is 31.4. The van der Waals surface area contributed by atoms with Gasteiger partial charge in [-0.15, -0.1) is 0 Å². The molecule has 0 N–H and O–H groups in total. The van der Waals surface area contributed by atoms with Crippen molar-refractivity contribution in [1.82, 2.24) is 0 Å². The Bertz CT molecular complexity index is 1470. The van der Waals surface area contributed by atoms with Crippen molar-refractivity contribution in [2.24, 2.45) is 5.41 Å². The van der Waals surface area contributed by atoms with E-state index in [9.17, 15) is 0 Å². The molecule has 62 heavy (non-hydrogen) atoms. The molecule has 1 fully saturated rings. The smallest absolute Gasteiger partial charge is 0.205 e. The van der Waals surface area contributed by atoms with Crippen molar-refractivity contribution in [2.45, 2.75) is 232 Å². The van der Waals surface area contributed by atoms with E-state index < -0.39 is 50.3 Å². The highest BCUT2D eigenvalue weighted by atomic mass is 28.4. The maximum Gasteiger partial charge on any atom is 0.205 e. The molecule has 0 saturated carbocycles. The van der Waals surface area contributed by atoms with Crippen LogP contribution in [0.5, 0.6) is 0 Å². The first kappa shape index (κ1) is 57.6. The molecule has 1 aliphatic rings. The van der Waals surface area contributed by atoms with Gasteiger partial charge in [0.1, 0.15) is 12.9 Å². The fraction of sp³-hybridized carbons (Fsp3) is 0.840. The maximum atomic E-state index is 7.62. The largest absolute Gasteiger partial charge is 0.412 e. The third-order valence-electron chi connectivity index (χ3n) is 14.6. The Morgan fingerprint density at radius 3 is 1.81 bits per heavy atom. The Balaban J connectivity index is 2.82.